The minimum absolute atomic E-state index is 0.291. The molecule has 1 N–H and O–H groups in total. The number of aromatic nitrogens is 2. The number of nitrogens with zero attached hydrogens (tertiary/aromatic N) is 2. The summed E-state index contributed by atoms with van der Waals surface area (Å²) in [6, 6.07) is 16.4. The van der Waals surface area contributed by atoms with Crippen LogP contribution in [0.15, 0.2) is 65.7 Å². The van der Waals surface area contributed by atoms with Crippen LogP contribution in [0.2, 0.25) is 0 Å². The summed E-state index contributed by atoms with van der Waals surface area (Å²) in [6.45, 7) is 1.05. The van der Waals surface area contributed by atoms with Gasteiger partial charge in [-0.3, -0.25) is 4.68 Å². The van der Waals surface area contributed by atoms with E-state index >= 15 is 0 Å². The fourth-order valence-electron chi connectivity index (χ4n) is 2.32. The minimum Gasteiger partial charge on any atom is -0.265 e. The summed E-state index contributed by atoms with van der Waals surface area (Å²) in [6.07, 6.45) is 2.50. The molecule has 114 valence electrons. The van der Waals surface area contributed by atoms with Gasteiger partial charge in [0.25, 0.3) is 0 Å². The van der Waals surface area contributed by atoms with E-state index in [9.17, 15) is 8.42 Å². The van der Waals surface area contributed by atoms with E-state index in [0.29, 0.717) is 24.4 Å². The number of aryl methyl sites for hydroxylation is 1. The smallest absolute Gasteiger partial charge is 0.240 e. The molecule has 0 saturated heterocycles. The van der Waals surface area contributed by atoms with Crippen molar-refractivity contribution in [2.24, 2.45) is 0 Å². The molecule has 0 aliphatic heterocycles. The quantitative estimate of drug-likeness (QED) is 0.710. The second-order valence-electron chi connectivity index (χ2n) is 4.99. The molecule has 0 spiro atoms. The predicted molar refractivity (Wildman–Crippen MR) is 86.0 cm³/mol. The van der Waals surface area contributed by atoms with Gasteiger partial charge in [-0.15, -0.1) is 0 Å². The van der Waals surface area contributed by atoms with Crippen molar-refractivity contribution in [3.05, 3.63) is 60.8 Å². The average molecular weight is 315 g/mol. The highest BCUT2D eigenvalue weighted by Crippen LogP contribution is 2.13. The van der Waals surface area contributed by atoms with E-state index in [1.165, 1.54) is 0 Å². The topological polar surface area (TPSA) is 64.0 Å². The SMILES string of the molecule is O=S(=O)(NCCCn1ncc2ccccc21)c1ccccc1. The lowest BCUT2D eigenvalue weighted by atomic mass is 10.2. The van der Waals surface area contributed by atoms with Gasteiger partial charge in [0.1, 0.15) is 0 Å². The van der Waals surface area contributed by atoms with Crippen LogP contribution in [0, 0.1) is 0 Å². The van der Waals surface area contributed by atoms with E-state index in [1.807, 2.05) is 35.1 Å². The molecule has 0 unspecified atom stereocenters. The minimum atomic E-state index is -3.42. The van der Waals surface area contributed by atoms with E-state index < -0.39 is 10.0 Å². The third kappa shape index (κ3) is 3.18. The summed E-state index contributed by atoms with van der Waals surface area (Å²) in [5.41, 5.74) is 1.06. The first kappa shape index (κ1) is 14.7. The van der Waals surface area contributed by atoms with E-state index in [2.05, 4.69) is 9.82 Å². The molecule has 0 saturated carbocycles. The van der Waals surface area contributed by atoms with Crippen LogP contribution in [0.25, 0.3) is 10.9 Å². The first-order valence-electron chi connectivity index (χ1n) is 7.12. The van der Waals surface area contributed by atoms with Crippen molar-refractivity contribution < 1.29 is 8.42 Å². The molecule has 0 radical (unpaired) electrons. The number of hydrogen-bond donors (Lipinski definition) is 1. The zero-order valence-electron chi connectivity index (χ0n) is 12.0. The maximum Gasteiger partial charge on any atom is 0.240 e. The summed E-state index contributed by atoms with van der Waals surface area (Å²) < 4.78 is 28.7. The van der Waals surface area contributed by atoms with Gasteiger partial charge in [-0.2, -0.15) is 5.10 Å². The van der Waals surface area contributed by atoms with Gasteiger partial charge in [0.2, 0.25) is 10.0 Å². The van der Waals surface area contributed by atoms with Gasteiger partial charge in [-0.05, 0) is 24.6 Å². The highest BCUT2D eigenvalue weighted by Gasteiger charge is 2.12. The van der Waals surface area contributed by atoms with Crippen LogP contribution in [0.5, 0.6) is 0 Å². The molecule has 3 rings (SSSR count). The van der Waals surface area contributed by atoms with Crippen molar-refractivity contribution >= 4 is 20.9 Å². The molecular weight excluding hydrogens is 298 g/mol. The van der Waals surface area contributed by atoms with Crippen LogP contribution in [0.1, 0.15) is 6.42 Å². The average Bonchev–Trinajstić information content (AvgIpc) is 2.96. The molecule has 3 aromatic rings. The second kappa shape index (κ2) is 6.29. The van der Waals surface area contributed by atoms with Gasteiger partial charge >= 0.3 is 0 Å². The Hall–Kier alpha value is -2.18. The Kier molecular flexibility index (Phi) is 4.22. The summed E-state index contributed by atoms with van der Waals surface area (Å²) in [5.74, 6) is 0. The number of para-hydroxylation sites is 1. The highest BCUT2D eigenvalue weighted by molar-refractivity contribution is 7.89. The molecule has 22 heavy (non-hydrogen) atoms. The second-order valence-corrected chi connectivity index (χ2v) is 6.76. The number of fused-ring (bicyclic) bond motifs is 1. The van der Waals surface area contributed by atoms with Gasteiger partial charge in [-0.25, -0.2) is 13.1 Å². The molecule has 5 nitrogen and oxygen atoms in total. The fraction of sp³-hybridized carbons (Fsp3) is 0.188. The Bertz CT molecular complexity index is 857. The van der Waals surface area contributed by atoms with Crippen LogP contribution < -0.4 is 4.72 Å². The van der Waals surface area contributed by atoms with Gasteiger partial charge in [0.05, 0.1) is 16.6 Å². The van der Waals surface area contributed by atoms with Crippen LogP contribution in [-0.4, -0.2) is 24.7 Å². The van der Waals surface area contributed by atoms with Crippen molar-refractivity contribution in [1.29, 1.82) is 0 Å². The Morgan fingerprint density at radius 3 is 2.55 bits per heavy atom. The summed E-state index contributed by atoms with van der Waals surface area (Å²) in [7, 11) is -3.42. The van der Waals surface area contributed by atoms with Crippen molar-refractivity contribution in [2.75, 3.05) is 6.54 Å². The van der Waals surface area contributed by atoms with Crippen LogP contribution in [0.3, 0.4) is 0 Å². The summed E-state index contributed by atoms with van der Waals surface area (Å²) in [4.78, 5) is 0.291. The zero-order valence-corrected chi connectivity index (χ0v) is 12.8. The van der Waals surface area contributed by atoms with Crippen LogP contribution >= 0.6 is 0 Å². The van der Waals surface area contributed by atoms with E-state index in [1.54, 1.807) is 30.3 Å². The Morgan fingerprint density at radius 2 is 1.73 bits per heavy atom. The third-order valence-corrected chi connectivity index (χ3v) is 4.92. The maximum atomic E-state index is 12.1. The predicted octanol–water partition coefficient (Wildman–Crippen LogP) is 2.40. The lowest BCUT2D eigenvalue weighted by molar-refractivity contribution is 0.560. The van der Waals surface area contributed by atoms with E-state index in [0.717, 1.165) is 10.9 Å². The Morgan fingerprint density at radius 1 is 1.00 bits per heavy atom. The van der Waals surface area contributed by atoms with Gasteiger partial charge < -0.3 is 0 Å². The van der Waals surface area contributed by atoms with Gasteiger partial charge in [-0.1, -0.05) is 36.4 Å². The van der Waals surface area contributed by atoms with E-state index in [4.69, 9.17) is 0 Å². The molecule has 1 heterocycles. The number of rotatable bonds is 6. The molecule has 0 amide bonds. The summed E-state index contributed by atoms with van der Waals surface area (Å²) >= 11 is 0. The number of nitrogens with one attached hydrogen (secondary N) is 1. The maximum absolute atomic E-state index is 12.1. The van der Waals surface area contributed by atoms with E-state index in [-0.39, 0.29) is 0 Å². The molecule has 2 aromatic carbocycles. The normalized spacial score (nSPS) is 11.8. The lowest BCUT2D eigenvalue weighted by Crippen LogP contribution is -2.25. The number of hydrogen-bond acceptors (Lipinski definition) is 3. The summed E-state index contributed by atoms with van der Waals surface area (Å²) in [5, 5.41) is 5.42. The van der Waals surface area contributed by atoms with Gasteiger partial charge in [0, 0.05) is 18.5 Å². The lowest BCUT2D eigenvalue weighted by Gasteiger charge is -2.07. The monoisotopic (exact) mass is 315 g/mol. The van der Waals surface area contributed by atoms with Crippen LogP contribution in [0.4, 0.5) is 0 Å². The highest BCUT2D eigenvalue weighted by atomic mass is 32.2. The standard InChI is InChI=1S/C16H17N3O2S/c20-22(21,15-8-2-1-3-9-15)18-11-6-12-19-16-10-5-4-7-14(16)13-17-19/h1-5,7-10,13,18H,6,11-12H2. The Labute approximate surface area is 129 Å². The third-order valence-electron chi connectivity index (χ3n) is 3.44. The number of benzene rings is 2. The molecule has 1 aromatic heterocycles. The number of sulfonamides is 1. The largest absolute Gasteiger partial charge is 0.265 e. The molecule has 0 atom stereocenters. The van der Waals surface area contributed by atoms with Crippen molar-refractivity contribution in [3.8, 4) is 0 Å². The van der Waals surface area contributed by atoms with Crippen molar-refractivity contribution in [1.82, 2.24) is 14.5 Å². The molecule has 0 aliphatic carbocycles. The van der Waals surface area contributed by atoms with Crippen molar-refractivity contribution in [2.45, 2.75) is 17.9 Å². The molecule has 0 bridgehead atoms. The van der Waals surface area contributed by atoms with Crippen molar-refractivity contribution in [3.63, 3.8) is 0 Å². The first-order valence-corrected chi connectivity index (χ1v) is 8.60. The Balaban J connectivity index is 1.58. The first-order chi connectivity index (χ1) is 10.7. The fourth-order valence-corrected chi connectivity index (χ4v) is 3.42. The molecule has 0 aliphatic rings. The molecule has 0 fully saturated rings. The zero-order chi connectivity index (χ0) is 15.4. The van der Waals surface area contributed by atoms with Crippen LogP contribution in [-0.2, 0) is 16.6 Å². The van der Waals surface area contributed by atoms with Gasteiger partial charge in [0.15, 0.2) is 0 Å². The molecule has 6 heteroatoms. The molecular formula is C16H17N3O2S.